The maximum atomic E-state index is 4.49. The number of aromatic nitrogens is 2. The predicted molar refractivity (Wildman–Crippen MR) is 76.8 cm³/mol. The fourth-order valence-corrected chi connectivity index (χ4v) is 2.32. The molecule has 0 fully saturated rings. The van der Waals surface area contributed by atoms with Crippen LogP contribution in [0.5, 0.6) is 0 Å². The lowest BCUT2D eigenvalue weighted by molar-refractivity contribution is 0.364. The molecular formula is C15H23N3. The SMILES string of the molecule is CCCNCC(C(C)C)n1cnc2ccccc21. The molecule has 1 unspecified atom stereocenters. The highest BCUT2D eigenvalue weighted by Gasteiger charge is 2.16. The van der Waals surface area contributed by atoms with Crippen molar-refractivity contribution in [1.29, 1.82) is 0 Å². The van der Waals surface area contributed by atoms with Gasteiger partial charge in [-0.15, -0.1) is 0 Å². The molecule has 0 aliphatic carbocycles. The van der Waals surface area contributed by atoms with Crippen molar-refractivity contribution in [3.05, 3.63) is 30.6 Å². The monoisotopic (exact) mass is 245 g/mol. The lowest BCUT2D eigenvalue weighted by atomic mass is 10.0. The number of benzene rings is 1. The van der Waals surface area contributed by atoms with Gasteiger partial charge in [-0.2, -0.15) is 0 Å². The van der Waals surface area contributed by atoms with Gasteiger partial charge in [0, 0.05) is 12.6 Å². The number of nitrogens with zero attached hydrogens (tertiary/aromatic N) is 2. The fourth-order valence-electron chi connectivity index (χ4n) is 2.32. The number of hydrogen-bond acceptors (Lipinski definition) is 2. The molecule has 1 atom stereocenters. The normalized spacial score (nSPS) is 13.3. The zero-order chi connectivity index (χ0) is 13.0. The van der Waals surface area contributed by atoms with Crippen molar-refractivity contribution in [1.82, 2.24) is 14.9 Å². The molecule has 3 nitrogen and oxygen atoms in total. The molecule has 1 aromatic carbocycles. The summed E-state index contributed by atoms with van der Waals surface area (Å²) in [6, 6.07) is 8.81. The van der Waals surface area contributed by atoms with Crippen molar-refractivity contribution < 1.29 is 0 Å². The molecule has 3 heteroatoms. The smallest absolute Gasteiger partial charge is 0.0961 e. The largest absolute Gasteiger partial charge is 0.326 e. The molecule has 98 valence electrons. The molecule has 0 saturated carbocycles. The van der Waals surface area contributed by atoms with E-state index in [4.69, 9.17) is 0 Å². The molecule has 0 radical (unpaired) electrons. The predicted octanol–water partition coefficient (Wildman–Crippen LogP) is 3.23. The summed E-state index contributed by atoms with van der Waals surface area (Å²) in [7, 11) is 0. The second kappa shape index (κ2) is 6.01. The van der Waals surface area contributed by atoms with Crippen LogP contribution >= 0.6 is 0 Å². The maximum Gasteiger partial charge on any atom is 0.0961 e. The van der Waals surface area contributed by atoms with Crippen LogP contribution in [0, 0.1) is 5.92 Å². The van der Waals surface area contributed by atoms with Crippen LogP contribution < -0.4 is 5.32 Å². The van der Waals surface area contributed by atoms with Gasteiger partial charge in [-0.05, 0) is 31.0 Å². The maximum absolute atomic E-state index is 4.49. The molecule has 0 spiro atoms. The van der Waals surface area contributed by atoms with E-state index in [-0.39, 0.29) is 0 Å². The van der Waals surface area contributed by atoms with E-state index in [9.17, 15) is 0 Å². The van der Waals surface area contributed by atoms with Gasteiger partial charge in [0.2, 0.25) is 0 Å². The molecule has 1 heterocycles. The van der Waals surface area contributed by atoms with Gasteiger partial charge in [0.25, 0.3) is 0 Å². The molecule has 0 aliphatic rings. The third-order valence-electron chi connectivity index (χ3n) is 3.39. The summed E-state index contributed by atoms with van der Waals surface area (Å²) in [6.07, 6.45) is 3.15. The van der Waals surface area contributed by atoms with E-state index < -0.39 is 0 Å². The van der Waals surface area contributed by atoms with Gasteiger partial charge >= 0.3 is 0 Å². The van der Waals surface area contributed by atoms with Crippen LogP contribution in [-0.2, 0) is 0 Å². The van der Waals surface area contributed by atoms with Crippen molar-refractivity contribution in [2.75, 3.05) is 13.1 Å². The Morgan fingerprint density at radius 2 is 2.06 bits per heavy atom. The summed E-state index contributed by atoms with van der Waals surface area (Å²) < 4.78 is 2.31. The molecule has 0 aliphatic heterocycles. The Kier molecular flexibility index (Phi) is 4.37. The number of imidazole rings is 1. The molecule has 2 rings (SSSR count). The Morgan fingerprint density at radius 3 is 2.78 bits per heavy atom. The van der Waals surface area contributed by atoms with Gasteiger partial charge in [-0.25, -0.2) is 4.98 Å². The van der Waals surface area contributed by atoms with Gasteiger partial charge in [-0.1, -0.05) is 32.9 Å². The van der Waals surface area contributed by atoms with Gasteiger partial charge in [0.1, 0.15) is 0 Å². The molecule has 18 heavy (non-hydrogen) atoms. The van der Waals surface area contributed by atoms with Gasteiger partial charge in [0.05, 0.1) is 17.4 Å². The standard InChI is InChI=1S/C15H23N3/c1-4-9-16-10-15(12(2)3)18-11-17-13-7-5-6-8-14(13)18/h5-8,11-12,15-16H,4,9-10H2,1-3H3. The molecule has 2 aromatic rings. The number of hydrogen-bond donors (Lipinski definition) is 1. The van der Waals surface area contributed by atoms with Crippen molar-refractivity contribution in [2.45, 2.75) is 33.2 Å². The minimum atomic E-state index is 0.462. The van der Waals surface area contributed by atoms with Crippen LogP contribution in [0.2, 0.25) is 0 Å². The first-order valence-electron chi connectivity index (χ1n) is 6.86. The zero-order valence-electron chi connectivity index (χ0n) is 11.6. The Bertz CT molecular complexity index is 487. The highest BCUT2D eigenvalue weighted by Crippen LogP contribution is 2.22. The number of fused-ring (bicyclic) bond motifs is 1. The number of para-hydroxylation sites is 2. The second-order valence-electron chi connectivity index (χ2n) is 5.16. The lowest BCUT2D eigenvalue weighted by Gasteiger charge is -2.23. The topological polar surface area (TPSA) is 29.9 Å². The van der Waals surface area contributed by atoms with E-state index in [0.717, 1.165) is 18.6 Å². The number of nitrogens with one attached hydrogen (secondary N) is 1. The summed E-state index contributed by atoms with van der Waals surface area (Å²) in [4.78, 5) is 4.49. The van der Waals surface area contributed by atoms with Crippen LogP contribution in [0.15, 0.2) is 30.6 Å². The first-order valence-corrected chi connectivity index (χ1v) is 6.86. The Labute approximate surface area is 109 Å². The van der Waals surface area contributed by atoms with Crippen LogP contribution in [0.25, 0.3) is 11.0 Å². The fraction of sp³-hybridized carbons (Fsp3) is 0.533. The van der Waals surface area contributed by atoms with Crippen molar-refractivity contribution in [3.63, 3.8) is 0 Å². The molecule has 0 saturated heterocycles. The van der Waals surface area contributed by atoms with Crippen LogP contribution in [0.3, 0.4) is 0 Å². The van der Waals surface area contributed by atoms with Gasteiger partial charge < -0.3 is 9.88 Å². The first kappa shape index (κ1) is 13.1. The molecule has 0 bridgehead atoms. The minimum Gasteiger partial charge on any atom is -0.326 e. The summed E-state index contributed by atoms with van der Waals surface area (Å²) in [6.45, 7) is 8.83. The average molecular weight is 245 g/mol. The highest BCUT2D eigenvalue weighted by atomic mass is 15.1. The van der Waals surface area contributed by atoms with E-state index in [1.165, 1.54) is 11.9 Å². The zero-order valence-corrected chi connectivity index (χ0v) is 11.6. The third kappa shape index (κ3) is 2.72. The summed E-state index contributed by atoms with van der Waals surface area (Å²) in [5, 5.41) is 3.52. The molecule has 1 aromatic heterocycles. The summed E-state index contributed by atoms with van der Waals surface area (Å²) in [5.41, 5.74) is 2.31. The van der Waals surface area contributed by atoms with E-state index >= 15 is 0 Å². The minimum absolute atomic E-state index is 0.462. The van der Waals surface area contributed by atoms with Crippen LogP contribution in [0.4, 0.5) is 0 Å². The van der Waals surface area contributed by atoms with E-state index in [0.29, 0.717) is 12.0 Å². The highest BCUT2D eigenvalue weighted by molar-refractivity contribution is 5.75. The Hall–Kier alpha value is -1.35. The Morgan fingerprint density at radius 1 is 1.28 bits per heavy atom. The summed E-state index contributed by atoms with van der Waals surface area (Å²) in [5.74, 6) is 0.590. The van der Waals surface area contributed by atoms with Crippen LogP contribution in [-0.4, -0.2) is 22.6 Å². The van der Waals surface area contributed by atoms with E-state index in [2.05, 4.69) is 53.8 Å². The van der Waals surface area contributed by atoms with Gasteiger partial charge in [0.15, 0.2) is 0 Å². The Balaban J connectivity index is 2.24. The van der Waals surface area contributed by atoms with Gasteiger partial charge in [-0.3, -0.25) is 0 Å². The number of rotatable bonds is 6. The second-order valence-corrected chi connectivity index (χ2v) is 5.16. The van der Waals surface area contributed by atoms with Crippen molar-refractivity contribution >= 4 is 11.0 Å². The van der Waals surface area contributed by atoms with Crippen LogP contribution in [0.1, 0.15) is 33.2 Å². The first-order chi connectivity index (χ1) is 8.74. The van der Waals surface area contributed by atoms with E-state index in [1.807, 2.05) is 12.4 Å². The van der Waals surface area contributed by atoms with E-state index in [1.54, 1.807) is 0 Å². The van der Waals surface area contributed by atoms with Crippen molar-refractivity contribution in [3.8, 4) is 0 Å². The lowest BCUT2D eigenvalue weighted by Crippen LogP contribution is -2.29. The molecule has 0 amide bonds. The molecule has 1 N–H and O–H groups in total. The molecular weight excluding hydrogens is 222 g/mol. The third-order valence-corrected chi connectivity index (χ3v) is 3.39. The average Bonchev–Trinajstić information content (AvgIpc) is 2.78. The van der Waals surface area contributed by atoms with Crippen molar-refractivity contribution in [2.24, 2.45) is 5.92 Å². The quantitative estimate of drug-likeness (QED) is 0.792. The summed E-state index contributed by atoms with van der Waals surface area (Å²) >= 11 is 0.